The predicted octanol–water partition coefficient (Wildman–Crippen LogP) is 2.19. The van der Waals surface area contributed by atoms with E-state index in [2.05, 4.69) is 23.9 Å². The first-order valence-electron chi connectivity index (χ1n) is 7.31. The normalized spacial score (nSPS) is 14.3. The minimum Gasteiger partial charge on any atom is -0.375 e. The Hall–Kier alpha value is -1.72. The van der Waals surface area contributed by atoms with Crippen molar-refractivity contribution in [3.05, 3.63) is 48.0 Å². The monoisotopic (exact) mass is 288 g/mol. The van der Waals surface area contributed by atoms with E-state index in [0.29, 0.717) is 12.3 Å². The molecule has 1 aromatic heterocycles. The molecule has 1 heterocycles. The van der Waals surface area contributed by atoms with Crippen molar-refractivity contribution in [2.75, 3.05) is 7.11 Å². The van der Waals surface area contributed by atoms with Crippen molar-refractivity contribution in [1.29, 1.82) is 0 Å². The van der Waals surface area contributed by atoms with E-state index < -0.39 is 0 Å². The van der Waals surface area contributed by atoms with Crippen molar-refractivity contribution < 1.29 is 4.74 Å². The molecule has 2 aromatic rings. The Morgan fingerprint density at radius 3 is 2.57 bits per heavy atom. The number of nitrogens with two attached hydrogens (primary N) is 1. The van der Waals surface area contributed by atoms with Gasteiger partial charge in [-0.25, -0.2) is 9.67 Å². The third-order valence-corrected chi connectivity index (χ3v) is 3.42. The minimum absolute atomic E-state index is 0.143. The molecule has 5 heteroatoms. The van der Waals surface area contributed by atoms with Crippen LogP contribution in [0.1, 0.15) is 31.3 Å². The molecule has 21 heavy (non-hydrogen) atoms. The van der Waals surface area contributed by atoms with E-state index >= 15 is 0 Å². The van der Waals surface area contributed by atoms with Gasteiger partial charge in [0.05, 0.1) is 6.10 Å². The van der Waals surface area contributed by atoms with Gasteiger partial charge in [-0.3, -0.25) is 0 Å². The molecular formula is C16H24N4O. The van der Waals surface area contributed by atoms with Gasteiger partial charge in [0.2, 0.25) is 0 Å². The smallest absolute Gasteiger partial charge is 0.138 e. The molecule has 0 radical (unpaired) electrons. The van der Waals surface area contributed by atoms with Gasteiger partial charge >= 0.3 is 0 Å². The summed E-state index contributed by atoms with van der Waals surface area (Å²) in [6.07, 6.45) is 2.09. The summed E-state index contributed by atoms with van der Waals surface area (Å²) in [5, 5.41) is 4.28. The second-order valence-electron chi connectivity index (χ2n) is 5.69. The quantitative estimate of drug-likeness (QED) is 0.848. The molecule has 2 atom stereocenters. The van der Waals surface area contributed by atoms with Crippen molar-refractivity contribution in [2.24, 2.45) is 11.7 Å². The Kier molecular flexibility index (Phi) is 5.47. The third-order valence-electron chi connectivity index (χ3n) is 3.42. The summed E-state index contributed by atoms with van der Waals surface area (Å²) in [7, 11) is 1.69. The topological polar surface area (TPSA) is 66.0 Å². The molecule has 2 rings (SSSR count). The van der Waals surface area contributed by atoms with Crippen molar-refractivity contribution >= 4 is 0 Å². The van der Waals surface area contributed by atoms with Gasteiger partial charge in [-0.1, -0.05) is 44.2 Å². The van der Waals surface area contributed by atoms with E-state index in [1.807, 2.05) is 35.0 Å². The van der Waals surface area contributed by atoms with E-state index in [9.17, 15) is 0 Å². The molecule has 0 aliphatic rings. The van der Waals surface area contributed by atoms with E-state index in [1.165, 1.54) is 0 Å². The van der Waals surface area contributed by atoms with Crippen LogP contribution >= 0.6 is 0 Å². The summed E-state index contributed by atoms with van der Waals surface area (Å²) < 4.78 is 7.52. The molecule has 1 aromatic carbocycles. The minimum atomic E-state index is -0.160. The zero-order chi connectivity index (χ0) is 15.2. The van der Waals surface area contributed by atoms with Crippen LogP contribution in [-0.2, 0) is 17.7 Å². The maximum Gasteiger partial charge on any atom is 0.138 e. The highest BCUT2D eigenvalue weighted by molar-refractivity contribution is 5.19. The van der Waals surface area contributed by atoms with Crippen LogP contribution in [0, 0.1) is 5.92 Å². The Balaban J connectivity index is 2.09. The third kappa shape index (κ3) is 4.12. The molecule has 2 N–H and O–H groups in total. The number of benzene rings is 1. The average molecular weight is 288 g/mol. The summed E-state index contributed by atoms with van der Waals surface area (Å²) in [5.41, 5.74) is 7.43. The first-order valence-corrected chi connectivity index (χ1v) is 7.31. The molecule has 5 nitrogen and oxygen atoms in total. The molecule has 0 aliphatic carbocycles. The fourth-order valence-electron chi connectivity index (χ4n) is 2.46. The molecule has 0 saturated carbocycles. The van der Waals surface area contributed by atoms with E-state index in [-0.39, 0.29) is 12.1 Å². The first kappa shape index (κ1) is 15.7. The highest BCUT2D eigenvalue weighted by Gasteiger charge is 2.21. The number of hydrogen-bond acceptors (Lipinski definition) is 4. The van der Waals surface area contributed by atoms with Gasteiger partial charge in [0.1, 0.15) is 12.2 Å². The highest BCUT2D eigenvalue weighted by Crippen LogP contribution is 2.21. The van der Waals surface area contributed by atoms with Gasteiger partial charge in [0.25, 0.3) is 0 Å². The van der Waals surface area contributed by atoms with Crippen LogP contribution in [0.5, 0.6) is 0 Å². The molecule has 0 spiro atoms. The molecule has 0 amide bonds. The van der Waals surface area contributed by atoms with Crippen LogP contribution in [0.15, 0.2) is 36.7 Å². The van der Waals surface area contributed by atoms with Crippen LogP contribution in [-0.4, -0.2) is 27.9 Å². The van der Waals surface area contributed by atoms with Crippen molar-refractivity contribution in [3.8, 4) is 0 Å². The molecule has 0 saturated heterocycles. The summed E-state index contributed by atoms with van der Waals surface area (Å²) in [5.74, 6) is 1.43. The fraction of sp³-hybridized carbons (Fsp3) is 0.500. The maximum absolute atomic E-state index is 6.35. The van der Waals surface area contributed by atoms with Gasteiger partial charge in [-0.05, 0) is 11.5 Å². The van der Waals surface area contributed by atoms with Gasteiger partial charge in [0.15, 0.2) is 0 Å². The van der Waals surface area contributed by atoms with Crippen molar-refractivity contribution in [1.82, 2.24) is 14.8 Å². The lowest BCUT2D eigenvalue weighted by molar-refractivity contribution is 0.0793. The maximum atomic E-state index is 6.35. The SMILES string of the molecule is COC(c1ccccc1)C(N)Cc1ncnn1CC(C)C. The Morgan fingerprint density at radius 1 is 1.24 bits per heavy atom. The van der Waals surface area contributed by atoms with E-state index in [1.54, 1.807) is 13.4 Å². The summed E-state index contributed by atoms with van der Waals surface area (Å²) in [6, 6.07) is 9.89. The summed E-state index contributed by atoms with van der Waals surface area (Å²) in [6.45, 7) is 5.17. The van der Waals surface area contributed by atoms with Crippen molar-refractivity contribution in [3.63, 3.8) is 0 Å². The van der Waals surface area contributed by atoms with Crippen LogP contribution in [0.3, 0.4) is 0 Å². The zero-order valence-electron chi connectivity index (χ0n) is 12.9. The first-order chi connectivity index (χ1) is 10.1. The second-order valence-corrected chi connectivity index (χ2v) is 5.69. The number of aromatic nitrogens is 3. The second kappa shape index (κ2) is 7.33. The molecule has 2 unspecified atom stereocenters. The van der Waals surface area contributed by atoms with Crippen molar-refractivity contribution in [2.45, 2.75) is 39.0 Å². The lowest BCUT2D eigenvalue weighted by atomic mass is 10.00. The van der Waals surface area contributed by atoms with Crippen LogP contribution in [0.4, 0.5) is 0 Å². The highest BCUT2D eigenvalue weighted by atomic mass is 16.5. The molecule has 0 aliphatic heterocycles. The Morgan fingerprint density at radius 2 is 1.95 bits per heavy atom. The summed E-state index contributed by atoms with van der Waals surface area (Å²) >= 11 is 0. The number of methoxy groups -OCH3 is 1. The summed E-state index contributed by atoms with van der Waals surface area (Å²) in [4.78, 5) is 4.34. The van der Waals surface area contributed by atoms with Gasteiger partial charge < -0.3 is 10.5 Å². The van der Waals surface area contributed by atoms with E-state index in [0.717, 1.165) is 17.9 Å². The molecule has 0 fully saturated rings. The van der Waals surface area contributed by atoms with Gasteiger partial charge in [-0.15, -0.1) is 0 Å². The molecular weight excluding hydrogens is 264 g/mol. The lowest BCUT2D eigenvalue weighted by Gasteiger charge is -2.23. The van der Waals surface area contributed by atoms with Gasteiger partial charge in [-0.2, -0.15) is 5.10 Å². The Labute approximate surface area is 126 Å². The van der Waals surface area contributed by atoms with Crippen LogP contribution < -0.4 is 5.73 Å². The average Bonchev–Trinajstić information content (AvgIpc) is 2.87. The molecule has 114 valence electrons. The van der Waals surface area contributed by atoms with Crippen LogP contribution in [0.25, 0.3) is 0 Å². The predicted molar refractivity (Wildman–Crippen MR) is 82.7 cm³/mol. The number of hydrogen-bond donors (Lipinski definition) is 1. The fourth-order valence-corrected chi connectivity index (χ4v) is 2.46. The number of nitrogens with zero attached hydrogens (tertiary/aromatic N) is 3. The standard InChI is InChI=1S/C16H24N4O/c1-12(2)10-20-15(18-11-19-20)9-14(17)16(21-3)13-7-5-4-6-8-13/h4-8,11-12,14,16H,9-10,17H2,1-3H3. The zero-order valence-corrected chi connectivity index (χ0v) is 12.9. The number of ether oxygens (including phenoxy) is 1. The Bertz CT molecular complexity index is 538. The van der Waals surface area contributed by atoms with E-state index in [4.69, 9.17) is 10.5 Å². The molecule has 0 bridgehead atoms. The largest absolute Gasteiger partial charge is 0.375 e. The van der Waals surface area contributed by atoms with Crippen LogP contribution in [0.2, 0.25) is 0 Å². The van der Waals surface area contributed by atoms with Gasteiger partial charge in [0, 0.05) is 26.1 Å². The lowest BCUT2D eigenvalue weighted by Crippen LogP contribution is -2.33. The number of rotatable bonds is 7.